The number of Topliss-reactive ketones (excluding diaryl/α,β-unsaturated/α-hetero) is 1. The molecule has 17 atom stereocenters. The van der Waals surface area contributed by atoms with Crippen LogP contribution in [0, 0.1) is 46.8 Å². The van der Waals surface area contributed by atoms with Crippen LogP contribution >= 0.6 is 0 Å². The molecule has 1 unspecified atom stereocenters. The van der Waals surface area contributed by atoms with E-state index >= 15 is 0 Å². The highest BCUT2D eigenvalue weighted by Gasteiger charge is 2.57. The molecule has 4 fully saturated rings. The van der Waals surface area contributed by atoms with Crippen molar-refractivity contribution >= 4 is 17.8 Å². The Hall–Kier alpha value is -2.05. The fourth-order valence-corrected chi connectivity index (χ4v) is 9.59. The largest absolute Gasteiger partial charge is 0.458 e. The number of hydrogen-bond donors (Lipinski definition) is 1. The van der Waals surface area contributed by atoms with Crippen LogP contribution in [0.5, 0.6) is 0 Å². The molecule has 0 saturated carbocycles. The number of carbonyl (C=O) groups is 3. The summed E-state index contributed by atoms with van der Waals surface area (Å²) in [5.74, 6) is -2.36. The van der Waals surface area contributed by atoms with Gasteiger partial charge in [-0.25, -0.2) is 4.79 Å². The predicted octanol–water partition coefficient (Wildman–Crippen LogP) is 7.63. The smallest absolute Gasteiger partial charge is 0.408 e. The van der Waals surface area contributed by atoms with E-state index < -0.39 is 83.9 Å². The fourth-order valence-electron chi connectivity index (χ4n) is 9.59. The third kappa shape index (κ3) is 9.16. The summed E-state index contributed by atoms with van der Waals surface area (Å²) in [7, 11) is 0. The van der Waals surface area contributed by atoms with Crippen molar-refractivity contribution in [3.8, 4) is 0 Å². The number of amides is 1. The predicted molar refractivity (Wildman–Crippen MR) is 202 cm³/mol. The van der Waals surface area contributed by atoms with Crippen LogP contribution in [0.3, 0.4) is 0 Å². The van der Waals surface area contributed by atoms with Gasteiger partial charge in [0.1, 0.15) is 11.9 Å². The third-order valence-corrected chi connectivity index (χ3v) is 13.6. The summed E-state index contributed by atoms with van der Waals surface area (Å²) >= 11 is 0. The van der Waals surface area contributed by atoms with Gasteiger partial charge in [0.25, 0.3) is 0 Å². The summed E-state index contributed by atoms with van der Waals surface area (Å²) in [5.41, 5.74) is -2.46. The molecule has 0 aliphatic carbocycles. The molecule has 11 heteroatoms. The summed E-state index contributed by atoms with van der Waals surface area (Å²) in [6.45, 7) is 32.4. The number of hydrogen-bond acceptors (Lipinski definition) is 10. The molecule has 11 nitrogen and oxygen atoms in total. The van der Waals surface area contributed by atoms with E-state index in [9.17, 15) is 14.4 Å². The summed E-state index contributed by atoms with van der Waals surface area (Å²) in [6.07, 6.45) is -0.359. The number of ketones is 1. The van der Waals surface area contributed by atoms with Gasteiger partial charge in [-0.1, -0.05) is 68.4 Å². The van der Waals surface area contributed by atoms with Crippen molar-refractivity contribution < 1.29 is 47.5 Å². The maximum atomic E-state index is 14.5. The van der Waals surface area contributed by atoms with E-state index in [4.69, 9.17) is 33.2 Å². The van der Waals surface area contributed by atoms with Crippen molar-refractivity contribution in [1.29, 1.82) is 0 Å². The van der Waals surface area contributed by atoms with Gasteiger partial charge in [-0.2, -0.15) is 0 Å². The zero-order chi connectivity index (χ0) is 39.8. The number of nitrogens with one attached hydrogen (secondary N) is 1. The molecular weight excluding hydrogens is 678 g/mol. The van der Waals surface area contributed by atoms with Crippen LogP contribution in [0.1, 0.15) is 123 Å². The highest BCUT2D eigenvalue weighted by molar-refractivity contribution is 5.85. The lowest BCUT2D eigenvalue weighted by molar-refractivity contribution is -0.304. The number of alkyl carbamates (subject to hydrolysis) is 1. The summed E-state index contributed by atoms with van der Waals surface area (Å²) in [4.78, 5) is 41.8. The van der Waals surface area contributed by atoms with E-state index in [-0.39, 0.29) is 48.3 Å². The van der Waals surface area contributed by atoms with Gasteiger partial charge in [-0.3, -0.25) is 9.59 Å². The van der Waals surface area contributed by atoms with Gasteiger partial charge in [0, 0.05) is 30.1 Å². The lowest BCUT2D eigenvalue weighted by Gasteiger charge is -2.50. The van der Waals surface area contributed by atoms with E-state index in [1.165, 1.54) is 0 Å². The molecule has 4 aliphatic rings. The Bertz CT molecular complexity index is 1310. The maximum absolute atomic E-state index is 14.5. The average Bonchev–Trinajstić information content (AvgIpc) is 3.40. The van der Waals surface area contributed by atoms with Crippen LogP contribution < -0.4 is 5.32 Å². The Morgan fingerprint density at radius 2 is 1.55 bits per heavy atom. The molecule has 4 saturated heterocycles. The van der Waals surface area contributed by atoms with Gasteiger partial charge in [-0.15, -0.1) is 6.58 Å². The van der Waals surface area contributed by atoms with Crippen molar-refractivity contribution in [3.05, 3.63) is 12.7 Å². The number of fused-ring (bicyclic) bond motifs is 1. The second-order valence-electron chi connectivity index (χ2n) is 18.2. The highest BCUT2D eigenvalue weighted by Crippen LogP contribution is 2.45. The van der Waals surface area contributed by atoms with Crippen molar-refractivity contribution in [2.45, 2.75) is 183 Å². The molecule has 4 heterocycles. The lowest BCUT2D eigenvalue weighted by Crippen LogP contribution is -2.59. The first-order valence-electron chi connectivity index (χ1n) is 20.2. The minimum atomic E-state index is -1.29. The molecule has 0 aromatic heterocycles. The van der Waals surface area contributed by atoms with E-state index in [0.29, 0.717) is 18.8 Å². The van der Waals surface area contributed by atoms with Crippen LogP contribution in [-0.4, -0.2) is 84.8 Å². The van der Waals surface area contributed by atoms with Gasteiger partial charge in [0.15, 0.2) is 18.2 Å². The molecule has 4 aliphatic heterocycles. The minimum Gasteiger partial charge on any atom is -0.458 e. The zero-order valence-electron chi connectivity index (χ0n) is 35.1. The zero-order valence-corrected chi connectivity index (χ0v) is 35.1. The monoisotopic (exact) mass is 750 g/mol. The second kappa shape index (κ2) is 17.0. The molecule has 4 rings (SSSR count). The minimum absolute atomic E-state index is 0.0202. The molecule has 304 valence electrons. The number of cyclic esters (lactones) is 1. The Balaban J connectivity index is 1.89. The number of carbonyl (C=O) groups excluding carboxylic acids is 3. The number of ether oxygens (including phenoxy) is 7. The van der Waals surface area contributed by atoms with Crippen molar-refractivity contribution in [1.82, 2.24) is 5.32 Å². The molecule has 0 radical (unpaired) electrons. The number of esters is 1. The first-order valence-corrected chi connectivity index (χ1v) is 20.2. The van der Waals surface area contributed by atoms with Gasteiger partial charge in [0.2, 0.25) is 0 Å². The molecular formula is C42H71NO10. The quantitative estimate of drug-likeness (QED) is 0.196. The number of rotatable bonds is 8. The molecule has 0 bridgehead atoms. The van der Waals surface area contributed by atoms with Gasteiger partial charge >= 0.3 is 12.1 Å². The maximum Gasteiger partial charge on any atom is 0.408 e. The van der Waals surface area contributed by atoms with E-state index in [0.717, 1.165) is 6.42 Å². The van der Waals surface area contributed by atoms with Crippen LogP contribution in [0.15, 0.2) is 12.7 Å². The van der Waals surface area contributed by atoms with Gasteiger partial charge < -0.3 is 38.5 Å². The first kappa shape index (κ1) is 43.7. The molecule has 0 aromatic carbocycles. The van der Waals surface area contributed by atoms with E-state index in [2.05, 4.69) is 60.4 Å². The average molecular weight is 750 g/mol. The normalized spacial score (nSPS) is 47.1. The van der Waals surface area contributed by atoms with Crippen LogP contribution in [-0.2, 0) is 42.7 Å². The van der Waals surface area contributed by atoms with Gasteiger partial charge in [0.05, 0.1) is 48.6 Å². The van der Waals surface area contributed by atoms with Crippen LogP contribution in [0.2, 0.25) is 0 Å². The topological polar surface area (TPSA) is 128 Å². The SMILES string of the molecule is C=CCO[C@@]1(C)C[C@H](C)C(=O)[C@H](C)[C@H]2NC(=O)O[C@]2(C)[C@@H](CC)OC(=O)[C@H](C)[C@@H](O[C@H]2CC(C)(C)[C@@H](C)[C@H](C)O2)[C@H](C)[C@H]1OC1O[C@H](C)C[C@H](C)[C@H]1C. The fraction of sp³-hybridized carbons (Fsp3) is 0.881. The lowest BCUT2D eigenvalue weighted by atomic mass is 9.72. The van der Waals surface area contributed by atoms with E-state index in [1.54, 1.807) is 19.9 Å². The standard InChI is InChI=1S/C42H71NO10/c1-16-18-47-41(14)20-23(4)33(44)26(7)35-42(15,53-39(46)43-35)31(17-2)50-37(45)28(9)34(51-32-21-40(12,13)29(10)30(11)49-32)27(8)36(41)52-38-25(6)22(3)19-24(5)48-38/h16,22-32,34-36,38H,1,17-21H2,2-15H3,(H,43,46)/t22-,23-,24+,25+,26-,27-,28+,29-,30-,31+,32-,34-,35+,36+,38?,41-,42+/m0/s1. The highest BCUT2D eigenvalue weighted by atomic mass is 16.7. The summed E-state index contributed by atoms with van der Waals surface area (Å²) in [6, 6.07) is -0.736. The Kier molecular flexibility index (Phi) is 14.0. The molecule has 53 heavy (non-hydrogen) atoms. The first-order chi connectivity index (χ1) is 24.6. The Morgan fingerprint density at radius 3 is 2.15 bits per heavy atom. The van der Waals surface area contributed by atoms with Crippen molar-refractivity contribution in [3.63, 3.8) is 0 Å². The molecule has 1 amide bonds. The van der Waals surface area contributed by atoms with Crippen molar-refractivity contribution in [2.24, 2.45) is 46.8 Å². The second-order valence-corrected chi connectivity index (χ2v) is 18.2. The molecule has 0 spiro atoms. The van der Waals surface area contributed by atoms with Gasteiger partial charge in [-0.05, 0) is 71.1 Å². The molecule has 1 N–H and O–H groups in total. The molecule has 0 aromatic rings. The van der Waals surface area contributed by atoms with Crippen LogP contribution in [0.25, 0.3) is 0 Å². The Labute approximate surface area is 319 Å². The van der Waals surface area contributed by atoms with E-state index in [1.807, 2.05) is 34.6 Å². The summed E-state index contributed by atoms with van der Waals surface area (Å²) < 4.78 is 46.1. The van der Waals surface area contributed by atoms with Crippen molar-refractivity contribution in [2.75, 3.05) is 6.61 Å². The summed E-state index contributed by atoms with van der Waals surface area (Å²) in [5, 5.41) is 2.88. The third-order valence-electron chi connectivity index (χ3n) is 13.6. The van der Waals surface area contributed by atoms with Crippen LogP contribution in [0.4, 0.5) is 4.79 Å². The Morgan fingerprint density at radius 1 is 0.887 bits per heavy atom.